The average Bonchev–Trinajstić information content (AvgIpc) is 2.20. The summed E-state index contributed by atoms with van der Waals surface area (Å²) in [5.41, 5.74) is 0.565. The van der Waals surface area contributed by atoms with Crippen molar-refractivity contribution in [1.29, 1.82) is 0 Å². The van der Waals surface area contributed by atoms with E-state index in [4.69, 9.17) is 4.74 Å². The Hall–Kier alpha value is -0.0800. The van der Waals surface area contributed by atoms with Crippen molar-refractivity contribution in [3.05, 3.63) is 0 Å². The summed E-state index contributed by atoms with van der Waals surface area (Å²) in [6.07, 6.45) is 2.79. The SMILES string of the molecule is CCNC1CC2CC(C1COC)C2(C)C. The van der Waals surface area contributed by atoms with Gasteiger partial charge in [-0.15, -0.1) is 0 Å². The molecule has 1 N–H and O–H groups in total. The first-order chi connectivity index (χ1) is 7.11. The second-order valence-corrected chi connectivity index (χ2v) is 5.88. The molecule has 15 heavy (non-hydrogen) atoms. The molecule has 88 valence electrons. The minimum Gasteiger partial charge on any atom is -0.384 e. The predicted molar refractivity (Wildman–Crippen MR) is 62.8 cm³/mol. The van der Waals surface area contributed by atoms with Crippen LogP contribution in [0.5, 0.6) is 0 Å². The van der Waals surface area contributed by atoms with Crippen LogP contribution in [0.4, 0.5) is 0 Å². The minimum atomic E-state index is 0.565. The average molecular weight is 211 g/mol. The van der Waals surface area contributed by atoms with Crippen molar-refractivity contribution in [2.75, 3.05) is 20.3 Å². The molecule has 0 aromatic carbocycles. The highest BCUT2D eigenvalue weighted by molar-refractivity contribution is 5.07. The van der Waals surface area contributed by atoms with Gasteiger partial charge in [-0.2, -0.15) is 0 Å². The quantitative estimate of drug-likeness (QED) is 0.770. The van der Waals surface area contributed by atoms with E-state index < -0.39 is 0 Å². The zero-order valence-electron chi connectivity index (χ0n) is 10.5. The van der Waals surface area contributed by atoms with Gasteiger partial charge in [0, 0.05) is 19.1 Å². The third kappa shape index (κ3) is 1.72. The van der Waals surface area contributed by atoms with E-state index >= 15 is 0 Å². The molecule has 0 aromatic heterocycles. The van der Waals surface area contributed by atoms with E-state index in [1.807, 2.05) is 7.11 Å². The lowest BCUT2D eigenvalue weighted by molar-refractivity contribution is -0.135. The number of hydrogen-bond acceptors (Lipinski definition) is 2. The van der Waals surface area contributed by atoms with Crippen LogP contribution in [0, 0.1) is 23.2 Å². The van der Waals surface area contributed by atoms with Crippen LogP contribution in [-0.2, 0) is 4.74 Å². The van der Waals surface area contributed by atoms with Crippen LogP contribution in [0.25, 0.3) is 0 Å². The first-order valence-electron chi connectivity index (χ1n) is 6.33. The Morgan fingerprint density at radius 1 is 1.33 bits per heavy atom. The third-order valence-electron chi connectivity index (χ3n) is 4.94. The maximum absolute atomic E-state index is 5.41. The first-order valence-corrected chi connectivity index (χ1v) is 6.33. The number of methoxy groups -OCH3 is 1. The van der Waals surface area contributed by atoms with E-state index in [1.165, 1.54) is 12.8 Å². The van der Waals surface area contributed by atoms with Gasteiger partial charge in [0.05, 0.1) is 6.61 Å². The van der Waals surface area contributed by atoms with Crippen molar-refractivity contribution in [1.82, 2.24) is 5.32 Å². The fourth-order valence-corrected chi connectivity index (χ4v) is 3.87. The van der Waals surface area contributed by atoms with Crippen molar-refractivity contribution in [3.8, 4) is 0 Å². The molecular formula is C13H25NO. The lowest BCUT2D eigenvalue weighted by Gasteiger charge is -2.62. The molecule has 0 aromatic rings. The fourth-order valence-electron chi connectivity index (χ4n) is 3.87. The summed E-state index contributed by atoms with van der Waals surface area (Å²) in [5.74, 6) is 2.55. The molecule has 3 aliphatic rings. The number of fused-ring (bicyclic) bond motifs is 2. The fraction of sp³-hybridized carbons (Fsp3) is 1.00. The van der Waals surface area contributed by atoms with Crippen LogP contribution < -0.4 is 5.32 Å². The molecule has 2 nitrogen and oxygen atoms in total. The standard InChI is InChI=1S/C13H25NO/c1-5-14-12-7-9-6-11(13(9,2)3)10(12)8-15-4/h9-12,14H,5-8H2,1-4H3. The molecule has 0 heterocycles. The summed E-state index contributed by atoms with van der Waals surface area (Å²) in [6, 6.07) is 0.701. The van der Waals surface area contributed by atoms with Crippen molar-refractivity contribution in [2.45, 2.75) is 39.7 Å². The second-order valence-electron chi connectivity index (χ2n) is 5.88. The molecular weight excluding hydrogens is 186 g/mol. The molecule has 3 fully saturated rings. The van der Waals surface area contributed by atoms with E-state index in [0.717, 1.165) is 30.9 Å². The first kappa shape index (κ1) is 11.4. The third-order valence-corrected chi connectivity index (χ3v) is 4.94. The highest BCUT2D eigenvalue weighted by atomic mass is 16.5. The van der Waals surface area contributed by atoms with E-state index in [0.29, 0.717) is 11.5 Å². The molecule has 0 amide bonds. The van der Waals surface area contributed by atoms with Crippen LogP contribution in [-0.4, -0.2) is 26.3 Å². The van der Waals surface area contributed by atoms with E-state index in [1.54, 1.807) is 0 Å². The largest absolute Gasteiger partial charge is 0.384 e. The summed E-state index contributed by atoms with van der Waals surface area (Å²) < 4.78 is 5.41. The molecule has 0 radical (unpaired) electrons. The highest BCUT2D eigenvalue weighted by Crippen LogP contribution is 2.61. The maximum atomic E-state index is 5.41. The Morgan fingerprint density at radius 2 is 2.07 bits per heavy atom. The van der Waals surface area contributed by atoms with Gasteiger partial charge in [-0.1, -0.05) is 20.8 Å². The zero-order valence-corrected chi connectivity index (χ0v) is 10.5. The van der Waals surface area contributed by atoms with Gasteiger partial charge in [-0.3, -0.25) is 0 Å². The minimum absolute atomic E-state index is 0.565. The van der Waals surface area contributed by atoms with E-state index in [9.17, 15) is 0 Å². The monoisotopic (exact) mass is 211 g/mol. The lowest BCUT2D eigenvalue weighted by atomic mass is 9.44. The highest BCUT2D eigenvalue weighted by Gasteiger charge is 2.57. The van der Waals surface area contributed by atoms with Gasteiger partial charge in [0.25, 0.3) is 0 Å². The Labute approximate surface area is 93.8 Å². The Bertz CT molecular complexity index is 227. The van der Waals surface area contributed by atoms with Crippen molar-refractivity contribution >= 4 is 0 Å². The van der Waals surface area contributed by atoms with Gasteiger partial charge in [-0.25, -0.2) is 0 Å². The van der Waals surface area contributed by atoms with Gasteiger partial charge in [0.1, 0.15) is 0 Å². The molecule has 4 atom stereocenters. The molecule has 0 saturated heterocycles. The van der Waals surface area contributed by atoms with Crippen LogP contribution in [0.3, 0.4) is 0 Å². The predicted octanol–water partition coefficient (Wildman–Crippen LogP) is 2.29. The van der Waals surface area contributed by atoms with Gasteiger partial charge in [0.2, 0.25) is 0 Å². The van der Waals surface area contributed by atoms with Gasteiger partial charge >= 0.3 is 0 Å². The maximum Gasteiger partial charge on any atom is 0.0508 e. The summed E-state index contributed by atoms with van der Waals surface area (Å²) in [6.45, 7) is 9.10. The summed E-state index contributed by atoms with van der Waals surface area (Å²) in [7, 11) is 1.83. The molecule has 0 aliphatic heterocycles. The molecule has 4 unspecified atom stereocenters. The molecule has 2 heteroatoms. The van der Waals surface area contributed by atoms with Crippen molar-refractivity contribution in [3.63, 3.8) is 0 Å². The van der Waals surface area contributed by atoms with Gasteiger partial charge in [0.15, 0.2) is 0 Å². The van der Waals surface area contributed by atoms with E-state index in [2.05, 4.69) is 26.1 Å². The van der Waals surface area contributed by atoms with E-state index in [-0.39, 0.29) is 0 Å². The normalized spacial score (nSPS) is 42.4. The van der Waals surface area contributed by atoms with Crippen LogP contribution >= 0.6 is 0 Å². The Balaban J connectivity index is 2.05. The summed E-state index contributed by atoms with van der Waals surface area (Å²) >= 11 is 0. The zero-order chi connectivity index (χ0) is 11.1. The van der Waals surface area contributed by atoms with Crippen molar-refractivity contribution < 1.29 is 4.74 Å². The molecule has 3 saturated carbocycles. The Morgan fingerprint density at radius 3 is 2.60 bits per heavy atom. The van der Waals surface area contributed by atoms with Crippen LogP contribution in [0.2, 0.25) is 0 Å². The number of hydrogen-bond donors (Lipinski definition) is 1. The molecule has 0 spiro atoms. The topological polar surface area (TPSA) is 21.3 Å². The number of ether oxygens (including phenoxy) is 1. The smallest absolute Gasteiger partial charge is 0.0508 e. The van der Waals surface area contributed by atoms with Crippen LogP contribution in [0.15, 0.2) is 0 Å². The Kier molecular flexibility index (Phi) is 3.09. The molecule has 3 aliphatic carbocycles. The summed E-state index contributed by atoms with van der Waals surface area (Å²) in [4.78, 5) is 0. The van der Waals surface area contributed by atoms with Crippen LogP contribution in [0.1, 0.15) is 33.6 Å². The summed E-state index contributed by atoms with van der Waals surface area (Å²) in [5, 5.41) is 3.64. The second kappa shape index (κ2) is 4.06. The van der Waals surface area contributed by atoms with Gasteiger partial charge in [-0.05, 0) is 36.6 Å². The number of nitrogens with one attached hydrogen (secondary N) is 1. The van der Waals surface area contributed by atoms with Crippen molar-refractivity contribution in [2.24, 2.45) is 23.2 Å². The lowest BCUT2D eigenvalue weighted by Crippen LogP contribution is -2.61. The molecule has 2 bridgehead atoms. The molecule has 3 rings (SSSR count). The number of rotatable bonds is 4. The van der Waals surface area contributed by atoms with Gasteiger partial charge < -0.3 is 10.1 Å².